The summed E-state index contributed by atoms with van der Waals surface area (Å²) in [6.07, 6.45) is 6.43. The number of nitrogens with zero attached hydrogens (tertiary/aromatic N) is 4. The highest BCUT2D eigenvalue weighted by molar-refractivity contribution is 5.80. The number of rotatable bonds is 3. The summed E-state index contributed by atoms with van der Waals surface area (Å²) in [5.74, 6) is 0. The van der Waals surface area contributed by atoms with Crippen LogP contribution in [-0.2, 0) is 0 Å². The molecule has 0 amide bonds. The Morgan fingerprint density at radius 1 is 1.13 bits per heavy atom. The molecule has 4 rings (SSSR count). The third kappa shape index (κ3) is 2.53. The molecule has 1 aliphatic rings. The second kappa shape index (κ2) is 5.78. The molecule has 0 spiro atoms. The highest BCUT2D eigenvalue weighted by atomic mass is 15.2. The van der Waals surface area contributed by atoms with Gasteiger partial charge >= 0.3 is 0 Å². The fourth-order valence-corrected chi connectivity index (χ4v) is 3.63. The van der Waals surface area contributed by atoms with Crippen LogP contribution in [-0.4, -0.2) is 32.6 Å². The zero-order chi connectivity index (χ0) is 15.8. The van der Waals surface area contributed by atoms with E-state index in [0.717, 1.165) is 16.9 Å². The van der Waals surface area contributed by atoms with Crippen LogP contribution in [0.3, 0.4) is 0 Å². The lowest BCUT2D eigenvalue weighted by atomic mass is 9.99. The molecule has 23 heavy (non-hydrogen) atoms. The second-order valence-corrected chi connectivity index (χ2v) is 6.39. The Balaban J connectivity index is 1.77. The van der Waals surface area contributed by atoms with E-state index in [4.69, 9.17) is 0 Å². The Labute approximate surface area is 136 Å². The van der Waals surface area contributed by atoms with E-state index in [1.54, 1.807) is 0 Å². The predicted molar refractivity (Wildman–Crippen MR) is 92.4 cm³/mol. The molecule has 1 aliphatic heterocycles. The van der Waals surface area contributed by atoms with Crippen molar-refractivity contribution in [2.75, 3.05) is 13.1 Å². The van der Waals surface area contributed by atoms with Gasteiger partial charge in [-0.1, -0.05) is 18.2 Å². The minimum atomic E-state index is 0.465. The summed E-state index contributed by atoms with van der Waals surface area (Å²) in [5.41, 5.74) is 5.67. The van der Waals surface area contributed by atoms with Gasteiger partial charge in [-0.3, -0.25) is 4.90 Å². The molecule has 2 aromatic heterocycles. The standard InChI is InChI=1S/C19H22N4/c1-14-18(19-20-9-6-12-23(19)21-14)17-8-5-7-16(13-17)15(2)22-10-3-4-11-22/h5-9,12-13,15H,3-4,10-11H2,1-2H3. The Morgan fingerprint density at radius 2 is 1.96 bits per heavy atom. The number of hydrogen-bond acceptors (Lipinski definition) is 3. The van der Waals surface area contributed by atoms with Crippen molar-refractivity contribution in [3.05, 3.63) is 54.0 Å². The van der Waals surface area contributed by atoms with E-state index < -0.39 is 0 Å². The minimum absolute atomic E-state index is 0.465. The quantitative estimate of drug-likeness (QED) is 0.736. The molecular weight excluding hydrogens is 284 g/mol. The smallest absolute Gasteiger partial charge is 0.163 e. The molecule has 0 bridgehead atoms. The maximum Gasteiger partial charge on any atom is 0.163 e. The highest BCUT2D eigenvalue weighted by Crippen LogP contribution is 2.31. The lowest BCUT2D eigenvalue weighted by Gasteiger charge is -2.24. The van der Waals surface area contributed by atoms with Crippen LogP contribution >= 0.6 is 0 Å². The van der Waals surface area contributed by atoms with E-state index in [1.807, 2.05) is 23.0 Å². The van der Waals surface area contributed by atoms with Gasteiger partial charge in [-0.25, -0.2) is 9.50 Å². The molecule has 1 saturated heterocycles. The first-order chi connectivity index (χ1) is 11.2. The van der Waals surface area contributed by atoms with Crippen LogP contribution in [0.4, 0.5) is 0 Å². The molecule has 0 aliphatic carbocycles. The van der Waals surface area contributed by atoms with E-state index in [-0.39, 0.29) is 0 Å². The van der Waals surface area contributed by atoms with E-state index in [2.05, 4.69) is 53.1 Å². The summed E-state index contributed by atoms with van der Waals surface area (Å²) in [7, 11) is 0. The molecule has 1 unspecified atom stereocenters. The van der Waals surface area contributed by atoms with Crippen LogP contribution in [0.25, 0.3) is 16.8 Å². The van der Waals surface area contributed by atoms with Gasteiger partial charge in [0.15, 0.2) is 5.65 Å². The van der Waals surface area contributed by atoms with E-state index in [1.165, 1.54) is 37.1 Å². The Morgan fingerprint density at radius 3 is 2.78 bits per heavy atom. The van der Waals surface area contributed by atoms with Crippen molar-refractivity contribution >= 4 is 5.65 Å². The predicted octanol–water partition coefficient (Wildman–Crippen LogP) is 3.86. The van der Waals surface area contributed by atoms with Crippen molar-refractivity contribution in [3.8, 4) is 11.1 Å². The van der Waals surface area contributed by atoms with Crippen LogP contribution in [0, 0.1) is 6.92 Å². The summed E-state index contributed by atoms with van der Waals surface area (Å²) in [5, 5.41) is 4.59. The number of fused-ring (bicyclic) bond motifs is 1. The maximum atomic E-state index is 4.59. The first kappa shape index (κ1) is 14.4. The molecule has 0 N–H and O–H groups in total. The molecule has 4 nitrogen and oxygen atoms in total. The van der Waals surface area contributed by atoms with Crippen LogP contribution in [0.2, 0.25) is 0 Å². The van der Waals surface area contributed by atoms with Gasteiger partial charge in [0.1, 0.15) is 0 Å². The fraction of sp³-hybridized carbons (Fsp3) is 0.368. The van der Waals surface area contributed by atoms with Crippen molar-refractivity contribution in [3.63, 3.8) is 0 Å². The molecule has 0 saturated carbocycles. The molecule has 3 aromatic rings. The monoisotopic (exact) mass is 306 g/mol. The zero-order valence-electron chi connectivity index (χ0n) is 13.7. The van der Waals surface area contributed by atoms with Crippen molar-refractivity contribution in [2.45, 2.75) is 32.7 Å². The molecular formula is C19H22N4. The number of aromatic nitrogens is 3. The van der Waals surface area contributed by atoms with Crippen molar-refractivity contribution < 1.29 is 0 Å². The summed E-state index contributed by atoms with van der Waals surface area (Å²) in [4.78, 5) is 7.09. The van der Waals surface area contributed by atoms with Gasteiger partial charge in [-0.05, 0) is 63.0 Å². The van der Waals surface area contributed by atoms with Gasteiger partial charge in [0.05, 0.1) is 5.69 Å². The van der Waals surface area contributed by atoms with Gasteiger partial charge in [0.25, 0.3) is 0 Å². The Hall–Kier alpha value is -2.20. The highest BCUT2D eigenvalue weighted by Gasteiger charge is 2.20. The number of benzene rings is 1. The average molecular weight is 306 g/mol. The first-order valence-electron chi connectivity index (χ1n) is 8.38. The SMILES string of the molecule is Cc1nn2cccnc2c1-c1cccc(C(C)N2CCCC2)c1. The van der Waals surface area contributed by atoms with Gasteiger partial charge in [-0.15, -0.1) is 0 Å². The fourth-order valence-electron chi connectivity index (χ4n) is 3.63. The van der Waals surface area contributed by atoms with E-state index >= 15 is 0 Å². The summed E-state index contributed by atoms with van der Waals surface area (Å²) < 4.78 is 1.86. The lowest BCUT2D eigenvalue weighted by Crippen LogP contribution is -2.23. The molecule has 1 atom stereocenters. The molecule has 118 valence electrons. The summed E-state index contributed by atoms with van der Waals surface area (Å²) >= 11 is 0. The topological polar surface area (TPSA) is 33.4 Å². The Kier molecular flexibility index (Phi) is 3.62. The Bertz CT molecular complexity index is 830. The van der Waals surface area contributed by atoms with E-state index in [9.17, 15) is 0 Å². The van der Waals surface area contributed by atoms with Gasteiger partial charge in [-0.2, -0.15) is 5.10 Å². The zero-order valence-corrected chi connectivity index (χ0v) is 13.7. The minimum Gasteiger partial charge on any atom is -0.297 e. The van der Waals surface area contributed by atoms with Gasteiger partial charge in [0, 0.05) is 24.0 Å². The number of hydrogen-bond donors (Lipinski definition) is 0. The maximum absolute atomic E-state index is 4.59. The van der Waals surface area contributed by atoms with Crippen LogP contribution < -0.4 is 0 Å². The molecule has 4 heteroatoms. The molecule has 0 radical (unpaired) electrons. The van der Waals surface area contributed by atoms with Crippen molar-refractivity contribution in [1.29, 1.82) is 0 Å². The lowest BCUT2D eigenvalue weighted by molar-refractivity contribution is 0.263. The van der Waals surface area contributed by atoms with Crippen LogP contribution in [0.1, 0.15) is 37.1 Å². The van der Waals surface area contributed by atoms with Crippen LogP contribution in [0.5, 0.6) is 0 Å². The van der Waals surface area contributed by atoms with Crippen molar-refractivity contribution in [2.24, 2.45) is 0 Å². The van der Waals surface area contributed by atoms with E-state index in [0.29, 0.717) is 6.04 Å². The van der Waals surface area contributed by atoms with Crippen LogP contribution in [0.15, 0.2) is 42.7 Å². The second-order valence-electron chi connectivity index (χ2n) is 6.39. The van der Waals surface area contributed by atoms with Gasteiger partial charge < -0.3 is 0 Å². The third-order valence-electron chi connectivity index (χ3n) is 4.92. The molecule has 3 heterocycles. The molecule has 1 fully saturated rings. The van der Waals surface area contributed by atoms with Crippen molar-refractivity contribution in [1.82, 2.24) is 19.5 Å². The number of aryl methyl sites for hydroxylation is 1. The average Bonchev–Trinajstić information content (AvgIpc) is 3.21. The summed E-state index contributed by atoms with van der Waals surface area (Å²) in [6.45, 7) is 6.79. The first-order valence-corrected chi connectivity index (χ1v) is 8.38. The molecule has 1 aromatic carbocycles. The third-order valence-corrected chi connectivity index (χ3v) is 4.92. The summed E-state index contributed by atoms with van der Waals surface area (Å²) in [6, 6.07) is 11.2. The largest absolute Gasteiger partial charge is 0.297 e. The van der Waals surface area contributed by atoms with Gasteiger partial charge in [0.2, 0.25) is 0 Å². The number of likely N-dealkylation sites (tertiary alicyclic amines) is 1. The normalized spacial score (nSPS) is 17.0.